The number of carbonyl (C=O) groups is 1. The second-order valence-corrected chi connectivity index (χ2v) is 5.78. The minimum Gasteiger partial charge on any atom is -0.381 e. The molecule has 18 heavy (non-hydrogen) atoms. The molecule has 2 heterocycles. The molecule has 1 saturated heterocycles. The number of ether oxygens (including phenoxy) is 1. The molecule has 1 aromatic heterocycles. The number of rotatable bonds is 4. The van der Waals surface area contributed by atoms with Crippen molar-refractivity contribution in [3.05, 3.63) is 22.4 Å². The van der Waals surface area contributed by atoms with Crippen molar-refractivity contribution in [3.63, 3.8) is 0 Å². The highest BCUT2D eigenvalue weighted by atomic mass is 32.1. The molecule has 0 saturated carbocycles. The fourth-order valence-corrected chi connectivity index (χ4v) is 3.00. The van der Waals surface area contributed by atoms with Gasteiger partial charge in [0.15, 0.2) is 0 Å². The number of nitrogens with zero attached hydrogens (tertiary/aromatic N) is 1. The van der Waals surface area contributed by atoms with E-state index in [1.807, 2.05) is 24.6 Å². The van der Waals surface area contributed by atoms with E-state index in [-0.39, 0.29) is 17.9 Å². The number of thiophene rings is 1. The molecule has 0 radical (unpaired) electrons. The van der Waals surface area contributed by atoms with Gasteiger partial charge in [-0.3, -0.25) is 4.79 Å². The summed E-state index contributed by atoms with van der Waals surface area (Å²) in [7, 11) is 1.82. The summed E-state index contributed by atoms with van der Waals surface area (Å²) < 4.78 is 5.30. The van der Waals surface area contributed by atoms with E-state index < -0.39 is 0 Å². The number of hydrogen-bond acceptors (Lipinski definition) is 4. The molecule has 1 atom stereocenters. The molecule has 2 rings (SSSR count). The van der Waals surface area contributed by atoms with Gasteiger partial charge in [0.1, 0.15) is 0 Å². The minimum atomic E-state index is -0.390. The fourth-order valence-electron chi connectivity index (χ4n) is 2.25. The summed E-state index contributed by atoms with van der Waals surface area (Å²) in [6.45, 7) is 2.09. The lowest BCUT2D eigenvalue weighted by atomic mass is 9.91. The van der Waals surface area contributed by atoms with E-state index in [1.54, 1.807) is 16.2 Å². The number of nitrogens with two attached hydrogens (primary N) is 1. The van der Waals surface area contributed by atoms with Crippen molar-refractivity contribution >= 4 is 17.2 Å². The van der Waals surface area contributed by atoms with Gasteiger partial charge in [0.05, 0.1) is 12.6 Å². The highest BCUT2D eigenvalue weighted by molar-refractivity contribution is 7.09. The van der Waals surface area contributed by atoms with Gasteiger partial charge >= 0.3 is 0 Å². The van der Waals surface area contributed by atoms with Crippen LogP contribution in [-0.2, 0) is 16.1 Å². The topological polar surface area (TPSA) is 55.6 Å². The molecule has 1 aliphatic rings. The summed E-state index contributed by atoms with van der Waals surface area (Å²) >= 11 is 1.66. The summed E-state index contributed by atoms with van der Waals surface area (Å²) in [4.78, 5) is 15.1. The van der Waals surface area contributed by atoms with Crippen LogP contribution in [0.1, 0.15) is 17.7 Å². The van der Waals surface area contributed by atoms with Crippen LogP contribution in [0.5, 0.6) is 0 Å². The first-order valence-corrected chi connectivity index (χ1v) is 7.17. The molecule has 100 valence electrons. The third-order valence-corrected chi connectivity index (χ3v) is 4.27. The quantitative estimate of drug-likeness (QED) is 0.899. The van der Waals surface area contributed by atoms with E-state index in [1.165, 1.54) is 4.88 Å². The van der Waals surface area contributed by atoms with Crippen LogP contribution in [0, 0.1) is 5.92 Å². The van der Waals surface area contributed by atoms with Crippen LogP contribution >= 0.6 is 11.3 Å². The summed E-state index contributed by atoms with van der Waals surface area (Å²) in [6.07, 6.45) is 1.78. The van der Waals surface area contributed by atoms with Gasteiger partial charge in [-0.15, -0.1) is 11.3 Å². The Morgan fingerprint density at radius 3 is 2.94 bits per heavy atom. The van der Waals surface area contributed by atoms with E-state index in [9.17, 15) is 4.79 Å². The van der Waals surface area contributed by atoms with Crippen molar-refractivity contribution < 1.29 is 9.53 Å². The molecule has 4 nitrogen and oxygen atoms in total. The average molecular weight is 268 g/mol. The van der Waals surface area contributed by atoms with Crippen LogP contribution in [0.3, 0.4) is 0 Å². The summed E-state index contributed by atoms with van der Waals surface area (Å²) in [5.74, 6) is 0.298. The molecular weight excluding hydrogens is 248 g/mol. The molecule has 1 aliphatic heterocycles. The lowest BCUT2D eigenvalue weighted by Crippen LogP contribution is -2.47. The normalized spacial score (nSPS) is 18.6. The summed E-state index contributed by atoms with van der Waals surface area (Å²) in [6, 6.07) is 3.64. The van der Waals surface area contributed by atoms with Crippen LogP contribution in [0.4, 0.5) is 0 Å². The largest absolute Gasteiger partial charge is 0.381 e. The van der Waals surface area contributed by atoms with Gasteiger partial charge in [-0.25, -0.2) is 0 Å². The van der Waals surface area contributed by atoms with Crippen LogP contribution in [0.2, 0.25) is 0 Å². The zero-order valence-electron chi connectivity index (χ0n) is 10.7. The Kier molecular flexibility index (Phi) is 4.74. The van der Waals surface area contributed by atoms with Gasteiger partial charge in [-0.1, -0.05) is 6.07 Å². The van der Waals surface area contributed by atoms with Crippen molar-refractivity contribution in [3.8, 4) is 0 Å². The predicted octanol–water partition coefficient (Wildman–Crippen LogP) is 1.46. The lowest BCUT2D eigenvalue weighted by Gasteiger charge is -2.29. The van der Waals surface area contributed by atoms with Crippen molar-refractivity contribution in [1.82, 2.24) is 4.90 Å². The SMILES string of the molecule is CN(Cc1cccs1)C(=O)C(N)C1CCOCC1. The Hall–Kier alpha value is -0.910. The zero-order chi connectivity index (χ0) is 13.0. The van der Waals surface area contributed by atoms with Crippen molar-refractivity contribution in [2.75, 3.05) is 20.3 Å². The number of likely N-dealkylation sites (N-methyl/N-ethyl adjacent to an activating group) is 1. The molecule has 1 aromatic rings. The smallest absolute Gasteiger partial charge is 0.239 e. The van der Waals surface area contributed by atoms with Crippen LogP contribution in [0.15, 0.2) is 17.5 Å². The van der Waals surface area contributed by atoms with E-state index in [2.05, 4.69) is 0 Å². The molecule has 5 heteroatoms. The molecule has 0 aliphatic carbocycles. The minimum absolute atomic E-state index is 0.0373. The Labute approximate surface area is 112 Å². The fraction of sp³-hybridized carbons (Fsp3) is 0.615. The second kappa shape index (κ2) is 6.31. The third kappa shape index (κ3) is 3.31. The van der Waals surface area contributed by atoms with E-state index >= 15 is 0 Å². The summed E-state index contributed by atoms with van der Waals surface area (Å²) in [5, 5.41) is 2.02. The maximum Gasteiger partial charge on any atom is 0.239 e. The maximum atomic E-state index is 12.2. The van der Waals surface area contributed by atoms with Crippen LogP contribution in [0.25, 0.3) is 0 Å². The lowest BCUT2D eigenvalue weighted by molar-refractivity contribution is -0.133. The Balaban J connectivity index is 1.88. The van der Waals surface area contributed by atoms with Gasteiger partial charge < -0.3 is 15.4 Å². The Morgan fingerprint density at radius 2 is 2.33 bits per heavy atom. The first-order valence-electron chi connectivity index (χ1n) is 6.29. The third-order valence-electron chi connectivity index (χ3n) is 3.41. The Bertz CT molecular complexity index is 374. The van der Waals surface area contributed by atoms with E-state index in [0.29, 0.717) is 6.54 Å². The standard InChI is InChI=1S/C13H20N2O2S/c1-15(9-11-3-2-8-18-11)13(16)12(14)10-4-6-17-7-5-10/h2-3,8,10,12H,4-7,9,14H2,1H3. The van der Waals surface area contributed by atoms with Gasteiger partial charge in [-0.2, -0.15) is 0 Å². The van der Waals surface area contributed by atoms with Gasteiger partial charge in [0, 0.05) is 25.1 Å². The van der Waals surface area contributed by atoms with Gasteiger partial charge in [0.25, 0.3) is 0 Å². The molecule has 0 spiro atoms. The maximum absolute atomic E-state index is 12.2. The number of amides is 1. The second-order valence-electron chi connectivity index (χ2n) is 4.75. The van der Waals surface area contributed by atoms with Crippen LogP contribution in [-0.4, -0.2) is 37.1 Å². The number of hydrogen-bond donors (Lipinski definition) is 1. The summed E-state index contributed by atoms with van der Waals surface area (Å²) in [5.41, 5.74) is 6.08. The van der Waals surface area contributed by atoms with Crippen molar-refractivity contribution in [2.45, 2.75) is 25.4 Å². The van der Waals surface area contributed by atoms with E-state index in [4.69, 9.17) is 10.5 Å². The first kappa shape index (κ1) is 13.5. The molecule has 1 unspecified atom stereocenters. The monoisotopic (exact) mass is 268 g/mol. The van der Waals surface area contributed by atoms with E-state index in [0.717, 1.165) is 26.1 Å². The zero-order valence-corrected chi connectivity index (χ0v) is 11.5. The highest BCUT2D eigenvalue weighted by Gasteiger charge is 2.28. The molecule has 2 N–H and O–H groups in total. The molecule has 0 bridgehead atoms. The first-order chi connectivity index (χ1) is 8.68. The van der Waals surface area contributed by atoms with Crippen molar-refractivity contribution in [2.24, 2.45) is 11.7 Å². The highest BCUT2D eigenvalue weighted by Crippen LogP contribution is 2.19. The molecule has 0 aromatic carbocycles. The molecular formula is C13H20N2O2S. The predicted molar refractivity (Wildman–Crippen MR) is 72.3 cm³/mol. The van der Waals surface area contributed by atoms with Crippen molar-refractivity contribution in [1.29, 1.82) is 0 Å². The number of carbonyl (C=O) groups excluding carboxylic acids is 1. The van der Waals surface area contributed by atoms with Gasteiger partial charge in [0.2, 0.25) is 5.91 Å². The molecule has 1 fully saturated rings. The van der Waals surface area contributed by atoms with Crippen LogP contribution < -0.4 is 5.73 Å². The average Bonchev–Trinajstić information content (AvgIpc) is 2.91. The molecule has 1 amide bonds. The van der Waals surface area contributed by atoms with Gasteiger partial charge in [-0.05, 0) is 30.2 Å². The Morgan fingerprint density at radius 1 is 1.61 bits per heavy atom.